The van der Waals surface area contributed by atoms with Gasteiger partial charge in [0.25, 0.3) is 0 Å². The topological polar surface area (TPSA) is 37.8 Å². The second kappa shape index (κ2) is 4.61. The van der Waals surface area contributed by atoms with E-state index in [1.807, 2.05) is 44.3 Å². The van der Waals surface area contributed by atoms with Crippen molar-refractivity contribution < 1.29 is 0 Å². The van der Waals surface area contributed by atoms with Crippen LogP contribution in [0.5, 0.6) is 0 Å². The molecule has 0 bridgehead atoms. The predicted molar refractivity (Wildman–Crippen MR) is 69.5 cm³/mol. The van der Waals surface area contributed by atoms with Gasteiger partial charge in [-0.15, -0.1) is 0 Å². The maximum Gasteiger partial charge on any atom is 0.161 e. The summed E-state index contributed by atoms with van der Waals surface area (Å²) in [5.74, 6) is 1.58. The lowest BCUT2D eigenvalue weighted by Crippen LogP contribution is -1.98. The van der Waals surface area contributed by atoms with Crippen molar-refractivity contribution in [1.82, 2.24) is 9.97 Å². The predicted octanol–water partition coefficient (Wildman–Crippen LogP) is 3.26. The lowest BCUT2D eigenvalue weighted by atomic mass is 10.2. The Bertz CT molecular complexity index is 511. The first-order valence-electron chi connectivity index (χ1n) is 4.98. The van der Waals surface area contributed by atoms with Crippen LogP contribution in [-0.4, -0.2) is 17.0 Å². The Balaban J connectivity index is 2.51. The molecular formula is C12H12BrN3. The van der Waals surface area contributed by atoms with Gasteiger partial charge in [0.2, 0.25) is 0 Å². The molecule has 2 aromatic rings. The fraction of sp³-hybridized carbons (Fsp3) is 0.167. The molecule has 0 radical (unpaired) electrons. The Morgan fingerprint density at radius 1 is 1.19 bits per heavy atom. The van der Waals surface area contributed by atoms with Gasteiger partial charge in [-0.2, -0.15) is 0 Å². The van der Waals surface area contributed by atoms with Crippen molar-refractivity contribution in [2.75, 3.05) is 12.4 Å². The Labute approximate surface area is 103 Å². The van der Waals surface area contributed by atoms with E-state index >= 15 is 0 Å². The van der Waals surface area contributed by atoms with Crippen molar-refractivity contribution in [1.29, 1.82) is 0 Å². The first-order chi connectivity index (χ1) is 7.69. The summed E-state index contributed by atoms with van der Waals surface area (Å²) in [6.07, 6.45) is 0. The number of benzene rings is 1. The van der Waals surface area contributed by atoms with E-state index in [2.05, 4.69) is 31.2 Å². The molecule has 1 aromatic heterocycles. The van der Waals surface area contributed by atoms with E-state index in [1.165, 1.54) is 0 Å². The number of halogens is 1. The Morgan fingerprint density at radius 2 is 2.00 bits per heavy atom. The molecule has 4 heteroatoms. The highest BCUT2D eigenvalue weighted by Crippen LogP contribution is 2.21. The third-order valence-corrected chi connectivity index (χ3v) is 2.69. The third-order valence-electron chi connectivity index (χ3n) is 2.19. The van der Waals surface area contributed by atoms with E-state index in [-0.39, 0.29) is 0 Å². The average Bonchev–Trinajstić information content (AvgIpc) is 2.28. The third kappa shape index (κ3) is 2.39. The zero-order valence-corrected chi connectivity index (χ0v) is 10.7. The van der Waals surface area contributed by atoms with Crippen LogP contribution in [0.25, 0.3) is 11.4 Å². The minimum atomic E-state index is 0.741. The summed E-state index contributed by atoms with van der Waals surface area (Å²) >= 11 is 3.44. The van der Waals surface area contributed by atoms with E-state index < -0.39 is 0 Å². The fourth-order valence-corrected chi connectivity index (χ4v) is 1.85. The maximum absolute atomic E-state index is 4.42. The molecule has 1 aromatic carbocycles. The minimum absolute atomic E-state index is 0.741. The number of hydrogen-bond acceptors (Lipinski definition) is 3. The molecule has 3 nitrogen and oxygen atoms in total. The molecule has 0 amide bonds. The highest BCUT2D eigenvalue weighted by molar-refractivity contribution is 9.10. The molecule has 0 unspecified atom stereocenters. The summed E-state index contributed by atoms with van der Waals surface area (Å²) < 4.78 is 1.03. The van der Waals surface area contributed by atoms with Crippen LogP contribution >= 0.6 is 15.9 Å². The smallest absolute Gasteiger partial charge is 0.161 e. The van der Waals surface area contributed by atoms with Crippen LogP contribution in [0.3, 0.4) is 0 Å². The largest absolute Gasteiger partial charge is 0.373 e. The normalized spacial score (nSPS) is 10.2. The molecule has 0 atom stereocenters. The van der Waals surface area contributed by atoms with E-state index in [1.54, 1.807) is 0 Å². The molecule has 0 aliphatic carbocycles. The molecule has 82 valence electrons. The van der Waals surface area contributed by atoms with Gasteiger partial charge in [-0.05, 0) is 19.1 Å². The second-order valence-electron chi connectivity index (χ2n) is 3.48. The van der Waals surface area contributed by atoms with E-state index in [0.29, 0.717) is 0 Å². The number of aryl methyl sites for hydroxylation is 1. The van der Waals surface area contributed by atoms with Crippen LogP contribution in [0.15, 0.2) is 34.8 Å². The molecule has 1 heterocycles. The van der Waals surface area contributed by atoms with E-state index in [0.717, 1.165) is 27.4 Å². The van der Waals surface area contributed by atoms with Crippen molar-refractivity contribution in [2.45, 2.75) is 6.92 Å². The quantitative estimate of drug-likeness (QED) is 0.916. The van der Waals surface area contributed by atoms with Crippen LogP contribution in [0.2, 0.25) is 0 Å². The maximum atomic E-state index is 4.42. The van der Waals surface area contributed by atoms with Gasteiger partial charge in [0.15, 0.2) is 5.82 Å². The van der Waals surface area contributed by atoms with E-state index in [9.17, 15) is 0 Å². The summed E-state index contributed by atoms with van der Waals surface area (Å²) in [6.45, 7) is 1.96. The minimum Gasteiger partial charge on any atom is -0.373 e. The summed E-state index contributed by atoms with van der Waals surface area (Å²) in [5.41, 5.74) is 1.96. The number of nitrogens with zero attached hydrogens (tertiary/aromatic N) is 2. The average molecular weight is 278 g/mol. The van der Waals surface area contributed by atoms with Crippen LogP contribution in [0.1, 0.15) is 5.69 Å². The SMILES string of the molecule is CNc1cc(C)nc(-c2cccc(Br)c2)n1. The zero-order chi connectivity index (χ0) is 11.5. The van der Waals surface area contributed by atoms with Crippen molar-refractivity contribution >= 4 is 21.7 Å². The van der Waals surface area contributed by atoms with Crippen LogP contribution in [0.4, 0.5) is 5.82 Å². The van der Waals surface area contributed by atoms with Gasteiger partial charge in [-0.1, -0.05) is 28.1 Å². The van der Waals surface area contributed by atoms with Crippen LogP contribution in [0, 0.1) is 6.92 Å². The number of hydrogen-bond donors (Lipinski definition) is 1. The molecule has 2 rings (SSSR count). The van der Waals surface area contributed by atoms with Crippen molar-refractivity contribution in [3.63, 3.8) is 0 Å². The molecule has 0 fully saturated rings. The molecule has 0 saturated carbocycles. The highest BCUT2D eigenvalue weighted by Gasteiger charge is 2.04. The van der Waals surface area contributed by atoms with Crippen molar-refractivity contribution in [3.05, 3.63) is 40.5 Å². The van der Waals surface area contributed by atoms with Gasteiger partial charge in [0.1, 0.15) is 5.82 Å². The van der Waals surface area contributed by atoms with Gasteiger partial charge in [-0.25, -0.2) is 9.97 Å². The van der Waals surface area contributed by atoms with Gasteiger partial charge < -0.3 is 5.32 Å². The summed E-state index contributed by atoms with van der Waals surface area (Å²) in [5, 5.41) is 3.03. The van der Waals surface area contributed by atoms with Crippen LogP contribution < -0.4 is 5.32 Å². The highest BCUT2D eigenvalue weighted by atomic mass is 79.9. The first-order valence-corrected chi connectivity index (χ1v) is 5.78. The molecule has 1 N–H and O–H groups in total. The monoisotopic (exact) mass is 277 g/mol. The first kappa shape index (κ1) is 11.1. The standard InChI is InChI=1S/C12H12BrN3/c1-8-6-11(14-2)16-12(15-8)9-4-3-5-10(13)7-9/h3-7H,1-2H3,(H,14,15,16). The molecular weight excluding hydrogens is 266 g/mol. The molecule has 0 aliphatic heterocycles. The Morgan fingerprint density at radius 3 is 2.69 bits per heavy atom. The molecule has 0 saturated heterocycles. The summed E-state index contributed by atoms with van der Waals surface area (Å²) in [7, 11) is 1.85. The fourth-order valence-electron chi connectivity index (χ4n) is 1.45. The van der Waals surface area contributed by atoms with Gasteiger partial charge >= 0.3 is 0 Å². The second-order valence-corrected chi connectivity index (χ2v) is 4.39. The molecule has 16 heavy (non-hydrogen) atoms. The Kier molecular flexibility index (Phi) is 3.19. The number of anilines is 1. The molecule has 0 aliphatic rings. The lowest BCUT2D eigenvalue weighted by Gasteiger charge is -2.05. The molecule has 0 spiro atoms. The van der Waals surface area contributed by atoms with E-state index in [4.69, 9.17) is 0 Å². The number of aromatic nitrogens is 2. The number of nitrogens with one attached hydrogen (secondary N) is 1. The van der Waals surface area contributed by atoms with Crippen LogP contribution in [-0.2, 0) is 0 Å². The number of rotatable bonds is 2. The summed E-state index contributed by atoms with van der Waals surface area (Å²) in [6, 6.07) is 9.89. The van der Waals surface area contributed by atoms with Gasteiger partial charge in [-0.3, -0.25) is 0 Å². The van der Waals surface area contributed by atoms with Crippen molar-refractivity contribution in [3.8, 4) is 11.4 Å². The summed E-state index contributed by atoms with van der Waals surface area (Å²) in [4.78, 5) is 8.84. The van der Waals surface area contributed by atoms with Gasteiger partial charge in [0, 0.05) is 28.8 Å². The lowest BCUT2D eigenvalue weighted by molar-refractivity contribution is 1.11. The van der Waals surface area contributed by atoms with Gasteiger partial charge in [0.05, 0.1) is 0 Å². The van der Waals surface area contributed by atoms with Crippen molar-refractivity contribution in [2.24, 2.45) is 0 Å². The zero-order valence-electron chi connectivity index (χ0n) is 9.16. The Hall–Kier alpha value is -1.42.